The summed E-state index contributed by atoms with van der Waals surface area (Å²) in [6.07, 6.45) is 16.2. The Kier molecular flexibility index (Phi) is 3.41. The van der Waals surface area contributed by atoms with Crippen molar-refractivity contribution < 1.29 is 4.79 Å². The van der Waals surface area contributed by atoms with Gasteiger partial charge in [0.2, 0.25) is 0 Å². The number of rotatable bonds is 0. The quantitative estimate of drug-likeness (QED) is 0.521. The van der Waals surface area contributed by atoms with E-state index in [2.05, 4.69) is 50.8 Å². The lowest BCUT2D eigenvalue weighted by Gasteiger charge is -2.58. The molecule has 5 atom stereocenters. The molecule has 1 spiro atoms. The number of fused-ring (bicyclic) bond motifs is 6. The van der Waals surface area contributed by atoms with Gasteiger partial charge in [-0.3, -0.25) is 4.79 Å². The highest BCUT2D eigenvalue weighted by molar-refractivity contribution is 6.07. The first-order chi connectivity index (χ1) is 12.9. The number of nitrogens with zero attached hydrogens (tertiary/aromatic N) is 1. The summed E-state index contributed by atoms with van der Waals surface area (Å²) in [5.41, 5.74) is 2.85. The SMILES string of the molecule is C=C1CC[C@H]2[C@@H]3CC=C4C5(CC=CC5)C(=O)C(C#N)=C[C@]4(C)[C@H]3CC[C@]12C. The van der Waals surface area contributed by atoms with Crippen LogP contribution in [0.15, 0.2) is 47.6 Å². The maximum absolute atomic E-state index is 13.2. The summed E-state index contributed by atoms with van der Waals surface area (Å²) in [7, 11) is 0. The van der Waals surface area contributed by atoms with Gasteiger partial charge in [0, 0.05) is 5.41 Å². The van der Waals surface area contributed by atoms with Crippen LogP contribution in [0, 0.1) is 45.3 Å². The fourth-order valence-electron chi connectivity index (χ4n) is 7.72. The molecule has 5 aliphatic rings. The van der Waals surface area contributed by atoms with E-state index >= 15 is 0 Å². The summed E-state index contributed by atoms with van der Waals surface area (Å²) in [4.78, 5) is 13.2. The molecule has 0 unspecified atom stereocenters. The molecule has 0 N–H and O–H groups in total. The van der Waals surface area contributed by atoms with E-state index in [4.69, 9.17) is 0 Å². The Morgan fingerprint density at radius 2 is 1.93 bits per heavy atom. The van der Waals surface area contributed by atoms with Crippen molar-refractivity contribution >= 4 is 5.78 Å². The number of hydrogen-bond acceptors (Lipinski definition) is 2. The zero-order chi connectivity index (χ0) is 19.0. The summed E-state index contributed by atoms with van der Waals surface area (Å²) in [6.45, 7) is 9.18. The van der Waals surface area contributed by atoms with E-state index < -0.39 is 5.41 Å². The zero-order valence-electron chi connectivity index (χ0n) is 16.6. The highest BCUT2D eigenvalue weighted by atomic mass is 16.1. The molecule has 0 saturated heterocycles. The normalized spacial score (nSPS) is 44.3. The smallest absolute Gasteiger partial charge is 0.183 e. The second-order valence-electron chi connectivity index (χ2n) is 10.1. The van der Waals surface area contributed by atoms with Gasteiger partial charge in [-0.2, -0.15) is 5.26 Å². The van der Waals surface area contributed by atoms with Gasteiger partial charge in [-0.25, -0.2) is 0 Å². The van der Waals surface area contributed by atoms with Gasteiger partial charge in [-0.1, -0.05) is 50.3 Å². The van der Waals surface area contributed by atoms with Crippen molar-refractivity contribution in [3.05, 3.63) is 47.6 Å². The minimum absolute atomic E-state index is 0.0621. The predicted molar refractivity (Wildman–Crippen MR) is 107 cm³/mol. The van der Waals surface area contributed by atoms with Crippen molar-refractivity contribution in [1.29, 1.82) is 5.26 Å². The lowest BCUT2D eigenvalue weighted by Crippen LogP contribution is -2.53. The largest absolute Gasteiger partial charge is 0.292 e. The molecule has 2 fully saturated rings. The van der Waals surface area contributed by atoms with Gasteiger partial charge in [0.1, 0.15) is 6.07 Å². The molecule has 0 heterocycles. The fraction of sp³-hybridized carbons (Fsp3) is 0.600. The Labute approximate surface area is 162 Å². The van der Waals surface area contributed by atoms with E-state index in [1.807, 2.05) is 0 Å². The monoisotopic (exact) mass is 359 g/mol. The number of ketones is 1. The van der Waals surface area contributed by atoms with Crippen molar-refractivity contribution in [3.8, 4) is 6.07 Å². The van der Waals surface area contributed by atoms with E-state index in [0.717, 1.165) is 19.3 Å². The zero-order valence-corrected chi connectivity index (χ0v) is 16.6. The van der Waals surface area contributed by atoms with Crippen LogP contribution in [-0.2, 0) is 4.79 Å². The number of carbonyl (C=O) groups excluding carboxylic acids is 1. The van der Waals surface area contributed by atoms with Gasteiger partial charge < -0.3 is 0 Å². The van der Waals surface area contributed by atoms with Crippen molar-refractivity contribution in [2.45, 2.75) is 58.8 Å². The Morgan fingerprint density at radius 3 is 2.63 bits per heavy atom. The van der Waals surface area contributed by atoms with Crippen molar-refractivity contribution in [3.63, 3.8) is 0 Å². The van der Waals surface area contributed by atoms with Crippen LogP contribution in [0.4, 0.5) is 0 Å². The van der Waals surface area contributed by atoms with Crippen LogP contribution >= 0.6 is 0 Å². The maximum Gasteiger partial charge on any atom is 0.183 e. The highest BCUT2D eigenvalue weighted by Crippen LogP contribution is 2.68. The fourth-order valence-corrected chi connectivity index (χ4v) is 7.72. The van der Waals surface area contributed by atoms with Gasteiger partial charge >= 0.3 is 0 Å². The first-order valence-electron chi connectivity index (χ1n) is 10.6. The molecule has 0 bridgehead atoms. The Balaban J connectivity index is 1.65. The molecule has 5 aliphatic carbocycles. The Morgan fingerprint density at radius 1 is 1.19 bits per heavy atom. The van der Waals surface area contributed by atoms with Crippen LogP contribution in [0.2, 0.25) is 0 Å². The third kappa shape index (κ3) is 1.93. The molecule has 2 saturated carbocycles. The molecule has 2 nitrogen and oxygen atoms in total. The number of hydrogen-bond donors (Lipinski definition) is 0. The molecule has 27 heavy (non-hydrogen) atoms. The Bertz CT molecular complexity index is 872. The van der Waals surface area contributed by atoms with Crippen LogP contribution in [0.3, 0.4) is 0 Å². The van der Waals surface area contributed by atoms with Crippen LogP contribution in [0.25, 0.3) is 0 Å². The molecule has 0 aliphatic heterocycles. The molecule has 0 aromatic heterocycles. The third-order valence-electron chi connectivity index (χ3n) is 9.20. The number of nitriles is 1. The standard InChI is InChI=1S/C25H29NO/c1-16-6-8-19-18-7-9-21-24(3,20(18)10-13-23(16,19)2)14-17(15-26)22(27)25(21)11-4-5-12-25/h4-5,9,14,18-20H,1,6-8,10-13H2,2-3H3/t18-,19-,20-,23+,24+/m0/s1. The van der Waals surface area contributed by atoms with Gasteiger partial charge in [0.15, 0.2) is 5.78 Å². The maximum atomic E-state index is 13.2. The molecule has 5 rings (SSSR count). The summed E-state index contributed by atoms with van der Waals surface area (Å²) < 4.78 is 0. The van der Waals surface area contributed by atoms with Crippen LogP contribution < -0.4 is 0 Å². The van der Waals surface area contributed by atoms with Crippen LogP contribution in [-0.4, -0.2) is 5.78 Å². The summed E-state index contributed by atoms with van der Waals surface area (Å²) >= 11 is 0. The highest BCUT2D eigenvalue weighted by Gasteiger charge is 2.61. The first-order valence-corrected chi connectivity index (χ1v) is 10.6. The third-order valence-corrected chi connectivity index (χ3v) is 9.20. The van der Waals surface area contributed by atoms with E-state index in [0.29, 0.717) is 28.7 Å². The van der Waals surface area contributed by atoms with Gasteiger partial charge in [0.05, 0.1) is 11.0 Å². The van der Waals surface area contributed by atoms with E-state index in [-0.39, 0.29) is 11.2 Å². The van der Waals surface area contributed by atoms with Crippen molar-refractivity contribution in [1.82, 2.24) is 0 Å². The second-order valence-corrected chi connectivity index (χ2v) is 10.1. The first kappa shape index (κ1) is 17.2. The van der Waals surface area contributed by atoms with E-state index in [9.17, 15) is 10.1 Å². The van der Waals surface area contributed by atoms with Crippen LogP contribution in [0.5, 0.6) is 0 Å². The molecule has 140 valence electrons. The molecule has 0 radical (unpaired) electrons. The summed E-state index contributed by atoms with van der Waals surface area (Å²) in [6, 6.07) is 2.26. The summed E-state index contributed by atoms with van der Waals surface area (Å²) in [5, 5.41) is 9.74. The molecule has 0 aromatic rings. The average molecular weight is 360 g/mol. The van der Waals surface area contributed by atoms with Gasteiger partial charge in [-0.15, -0.1) is 0 Å². The van der Waals surface area contributed by atoms with Crippen LogP contribution in [0.1, 0.15) is 58.8 Å². The predicted octanol–water partition coefficient (Wildman–Crippen LogP) is 5.69. The Hall–Kier alpha value is -1.88. The summed E-state index contributed by atoms with van der Waals surface area (Å²) in [5.74, 6) is 1.95. The average Bonchev–Trinajstić information content (AvgIpc) is 3.25. The minimum Gasteiger partial charge on any atom is -0.292 e. The molecule has 0 aromatic carbocycles. The van der Waals surface area contributed by atoms with Crippen molar-refractivity contribution in [2.24, 2.45) is 34.0 Å². The van der Waals surface area contributed by atoms with Gasteiger partial charge in [-0.05, 0) is 73.7 Å². The lowest BCUT2D eigenvalue weighted by molar-refractivity contribution is -0.124. The van der Waals surface area contributed by atoms with E-state index in [1.54, 1.807) is 0 Å². The van der Waals surface area contributed by atoms with Crippen molar-refractivity contribution in [2.75, 3.05) is 0 Å². The number of allylic oxidation sites excluding steroid dienone is 7. The van der Waals surface area contributed by atoms with Gasteiger partial charge in [0.25, 0.3) is 0 Å². The molecular formula is C25H29NO. The minimum atomic E-state index is -0.473. The molecule has 2 heteroatoms. The molecule has 0 amide bonds. The second kappa shape index (κ2) is 5.34. The number of Topliss-reactive ketones (excluding diaryl/α,β-unsaturated/α-hetero) is 1. The molecular weight excluding hydrogens is 330 g/mol. The lowest BCUT2D eigenvalue weighted by atomic mass is 9.45. The number of carbonyl (C=O) groups is 1. The van der Waals surface area contributed by atoms with E-state index in [1.165, 1.54) is 36.8 Å². The topological polar surface area (TPSA) is 40.9 Å².